The zero-order valence-electron chi connectivity index (χ0n) is 22.2. The summed E-state index contributed by atoms with van der Waals surface area (Å²) in [6.45, 7) is 1.85. The minimum atomic E-state index is -4.07. The quantitative estimate of drug-likeness (QED) is 0.278. The molecule has 0 saturated heterocycles. The van der Waals surface area contributed by atoms with E-state index >= 15 is 0 Å². The van der Waals surface area contributed by atoms with Crippen LogP contribution in [0.2, 0.25) is 0 Å². The summed E-state index contributed by atoms with van der Waals surface area (Å²) in [6, 6.07) is 24.0. The number of hydrogen-bond acceptors (Lipinski definition) is 6. The van der Waals surface area contributed by atoms with Gasteiger partial charge in [-0.1, -0.05) is 48.5 Å². The van der Waals surface area contributed by atoms with E-state index in [1.54, 1.807) is 36.4 Å². The first-order valence-electron chi connectivity index (χ1n) is 13.1. The van der Waals surface area contributed by atoms with Gasteiger partial charge in [-0.3, -0.25) is 9.10 Å². The molecule has 0 saturated carbocycles. The zero-order valence-corrected chi connectivity index (χ0v) is 23.0. The van der Waals surface area contributed by atoms with E-state index in [0.717, 1.165) is 33.3 Å². The van der Waals surface area contributed by atoms with Gasteiger partial charge < -0.3 is 14.3 Å². The summed E-state index contributed by atoms with van der Waals surface area (Å²) in [5.74, 6) is 0.721. The van der Waals surface area contributed by atoms with Crippen LogP contribution < -0.4 is 9.04 Å². The normalized spacial score (nSPS) is 13.3. The van der Waals surface area contributed by atoms with Crippen LogP contribution in [0.4, 0.5) is 5.69 Å². The Bertz CT molecular complexity index is 1570. The number of rotatable bonds is 11. The van der Waals surface area contributed by atoms with Crippen molar-refractivity contribution in [3.05, 3.63) is 101 Å². The molecule has 1 aromatic heterocycles. The van der Waals surface area contributed by atoms with Gasteiger partial charge in [0.15, 0.2) is 0 Å². The SMILES string of the molecule is Cc1oc(-c2ccccc2)nc1CCOc1ccc(CN(CC(=O)O)S(=O)(=O)N2CCCc3ccccc32)cc1. The van der Waals surface area contributed by atoms with E-state index in [2.05, 4.69) is 4.98 Å². The molecule has 0 spiro atoms. The van der Waals surface area contributed by atoms with Gasteiger partial charge in [0.05, 0.1) is 18.0 Å². The summed E-state index contributed by atoms with van der Waals surface area (Å²) < 4.78 is 41.2. The molecule has 0 unspecified atom stereocenters. The van der Waals surface area contributed by atoms with Crippen LogP contribution in [0.3, 0.4) is 0 Å². The highest BCUT2D eigenvalue weighted by molar-refractivity contribution is 7.90. The predicted octanol–water partition coefficient (Wildman–Crippen LogP) is 4.86. The van der Waals surface area contributed by atoms with Crippen molar-refractivity contribution in [2.24, 2.45) is 0 Å². The van der Waals surface area contributed by atoms with E-state index in [9.17, 15) is 18.3 Å². The molecule has 0 fully saturated rings. The second-order valence-electron chi connectivity index (χ2n) is 9.60. The lowest BCUT2D eigenvalue weighted by atomic mass is 10.0. The third kappa shape index (κ3) is 6.19. The molecule has 9 nitrogen and oxygen atoms in total. The number of fused-ring (bicyclic) bond motifs is 1. The molecule has 0 aliphatic carbocycles. The molecule has 0 atom stereocenters. The average Bonchev–Trinajstić information content (AvgIpc) is 3.33. The number of ether oxygens (including phenoxy) is 1. The van der Waals surface area contributed by atoms with E-state index < -0.39 is 22.7 Å². The molecule has 5 rings (SSSR count). The van der Waals surface area contributed by atoms with Crippen molar-refractivity contribution in [2.45, 2.75) is 32.7 Å². The molecule has 2 heterocycles. The molecule has 10 heteroatoms. The second kappa shape index (κ2) is 11.9. The average molecular weight is 562 g/mol. The number of benzene rings is 3. The van der Waals surface area contributed by atoms with Gasteiger partial charge in [0.25, 0.3) is 0 Å². The van der Waals surface area contributed by atoms with Gasteiger partial charge in [-0.15, -0.1) is 0 Å². The lowest BCUT2D eigenvalue weighted by Crippen LogP contribution is -2.47. The number of aliphatic carboxylic acids is 1. The van der Waals surface area contributed by atoms with Gasteiger partial charge in [0.2, 0.25) is 5.89 Å². The Kier molecular flexibility index (Phi) is 8.18. The summed E-state index contributed by atoms with van der Waals surface area (Å²) >= 11 is 0. The van der Waals surface area contributed by atoms with Crippen LogP contribution in [0.25, 0.3) is 11.5 Å². The maximum absolute atomic E-state index is 13.6. The number of carbonyl (C=O) groups is 1. The standard InChI is InChI=1S/C30H31N3O6S/c1-22-27(31-30(39-22)25-9-3-2-4-10-25)17-19-38-26-15-13-23(14-16-26)20-32(21-29(34)35)40(36,37)33-18-7-11-24-8-5-6-12-28(24)33/h2-6,8-10,12-16H,7,11,17-21H2,1H3,(H,34,35). The summed E-state index contributed by atoms with van der Waals surface area (Å²) in [7, 11) is -4.07. The van der Waals surface area contributed by atoms with Crippen LogP contribution in [0.5, 0.6) is 5.75 Å². The predicted molar refractivity (Wildman–Crippen MR) is 151 cm³/mol. The summed E-state index contributed by atoms with van der Waals surface area (Å²) in [5, 5.41) is 9.48. The number of carboxylic acid groups (broad SMARTS) is 1. The molecular formula is C30H31N3O6S. The molecule has 1 aliphatic rings. The van der Waals surface area contributed by atoms with E-state index in [-0.39, 0.29) is 6.54 Å². The molecule has 1 N–H and O–H groups in total. The number of carboxylic acids is 1. The van der Waals surface area contributed by atoms with Gasteiger partial charge >= 0.3 is 16.2 Å². The Balaban J connectivity index is 1.23. The van der Waals surface area contributed by atoms with Gasteiger partial charge in [-0.25, -0.2) is 4.98 Å². The summed E-state index contributed by atoms with van der Waals surface area (Å²) in [4.78, 5) is 16.2. The summed E-state index contributed by atoms with van der Waals surface area (Å²) in [5.41, 5.74) is 3.93. The van der Waals surface area contributed by atoms with Crippen LogP contribution in [-0.4, -0.2) is 48.5 Å². The number of para-hydroxylation sites is 1. The van der Waals surface area contributed by atoms with Crippen molar-refractivity contribution in [3.8, 4) is 17.2 Å². The number of oxazole rings is 1. The Morgan fingerprint density at radius 1 is 1.05 bits per heavy atom. The third-order valence-corrected chi connectivity index (χ3v) is 8.63. The van der Waals surface area contributed by atoms with E-state index in [0.29, 0.717) is 48.9 Å². The fourth-order valence-corrected chi connectivity index (χ4v) is 6.42. The number of hydrogen-bond donors (Lipinski definition) is 1. The number of aryl methyl sites for hydroxylation is 2. The van der Waals surface area contributed by atoms with E-state index in [4.69, 9.17) is 9.15 Å². The Morgan fingerprint density at radius 3 is 2.52 bits per heavy atom. The first-order valence-corrected chi connectivity index (χ1v) is 14.5. The lowest BCUT2D eigenvalue weighted by molar-refractivity contribution is -0.137. The van der Waals surface area contributed by atoms with Gasteiger partial charge in [-0.2, -0.15) is 12.7 Å². The van der Waals surface area contributed by atoms with Gasteiger partial charge in [0.1, 0.15) is 18.1 Å². The van der Waals surface area contributed by atoms with Gasteiger partial charge in [-0.05, 0) is 61.2 Å². The largest absolute Gasteiger partial charge is 0.493 e. The molecule has 3 aromatic carbocycles. The first kappa shape index (κ1) is 27.4. The Morgan fingerprint density at radius 2 is 1.77 bits per heavy atom. The van der Waals surface area contributed by atoms with Gasteiger partial charge in [0, 0.05) is 25.1 Å². The monoisotopic (exact) mass is 561 g/mol. The highest BCUT2D eigenvalue weighted by Crippen LogP contribution is 2.31. The van der Waals surface area contributed by atoms with Crippen LogP contribution >= 0.6 is 0 Å². The van der Waals surface area contributed by atoms with Crippen molar-refractivity contribution in [1.82, 2.24) is 9.29 Å². The molecule has 208 valence electrons. The zero-order chi connectivity index (χ0) is 28.1. The van der Waals surface area contributed by atoms with Crippen molar-refractivity contribution in [3.63, 3.8) is 0 Å². The number of anilines is 1. The minimum absolute atomic E-state index is 0.0754. The molecule has 0 radical (unpaired) electrons. The topological polar surface area (TPSA) is 113 Å². The van der Waals surface area contributed by atoms with Crippen LogP contribution in [0, 0.1) is 6.92 Å². The number of aromatic nitrogens is 1. The highest BCUT2D eigenvalue weighted by atomic mass is 32.2. The second-order valence-corrected chi connectivity index (χ2v) is 11.5. The molecule has 1 aliphatic heterocycles. The fourth-order valence-electron chi connectivity index (χ4n) is 4.77. The van der Waals surface area contributed by atoms with Crippen LogP contribution in [-0.2, 0) is 34.4 Å². The Labute approximate surface area is 233 Å². The third-order valence-electron chi connectivity index (χ3n) is 6.79. The van der Waals surface area contributed by atoms with Crippen molar-refractivity contribution < 1.29 is 27.5 Å². The summed E-state index contributed by atoms with van der Waals surface area (Å²) in [6.07, 6.45) is 2.02. The Hall–Kier alpha value is -4.15. The molecular weight excluding hydrogens is 530 g/mol. The maximum atomic E-state index is 13.6. The van der Waals surface area contributed by atoms with Crippen molar-refractivity contribution in [2.75, 3.05) is 24.0 Å². The molecule has 40 heavy (non-hydrogen) atoms. The first-order chi connectivity index (χ1) is 19.3. The van der Waals surface area contributed by atoms with Crippen molar-refractivity contribution >= 4 is 21.9 Å². The van der Waals surface area contributed by atoms with E-state index in [1.165, 1.54) is 4.31 Å². The minimum Gasteiger partial charge on any atom is -0.493 e. The van der Waals surface area contributed by atoms with E-state index in [1.807, 2.05) is 49.4 Å². The van der Waals surface area contributed by atoms with Crippen molar-refractivity contribution in [1.29, 1.82) is 0 Å². The smallest absolute Gasteiger partial charge is 0.318 e. The molecule has 0 bridgehead atoms. The maximum Gasteiger partial charge on any atom is 0.318 e. The fraction of sp³-hybridized carbons (Fsp3) is 0.267. The highest BCUT2D eigenvalue weighted by Gasteiger charge is 2.34. The number of nitrogens with zero attached hydrogens (tertiary/aromatic N) is 3. The van der Waals surface area contributed by atoms with Crippen LogP contribution in [0.15, 0.2) is 83.3 Å². The lowest BCUT2D eigenvalue weighted by Gasteiger charge is -2.34. The molecule has 0 amide bonds. The molecule has 4 aromatic rings. The van der Waals surface area contributed by atoms with Crippen LogP contribution in [0.1, 0.15) is 29.0 Å².